The number of nitrogens with one attached hydrogen (secondary N) is 1. The maximum atomic E-state index is 12.0. The van der Waals surface area contributed by atoms with Crippen LogP contribution >= 0.6 is 0 Å². The lowest BCUT2D eigenvalue weighted by atomic mass is 10.2. The first-order valence-electron chi connectivity index (χ1n) is 6.20. The third kappa shape index (κ3) is 3.82. The molecule has 1 N–H and O–H groups in total. The lowest BCUT2D eigenvalue weighted by Gasteiger charge is -2.18. The van der Waals surface area contributed by atoms with E-state index in [4.69, 9.17) is 0 Å². The predicted octanol–water partition coefficient (Wildman–Crippen LogP) is 3.65. The van der Waals surface area contributed by atoms with Crippen molar-refractivity contribution in [1.82, 2.24) is 0 Å². The van der Waals surface area contributed by atoms with Crippen molar-refractivity contribution in [2.24, 2.45) is 0 Å². The second-order valence-corrected chi connectivity index (χ2v) is 4.53. The molecule has 1 aromatic rings. The Morgan fingerprint density at radius 3 is 2.22 bits per heavy atom. The second kappa shape index (κ2) is 5.50. The zero-order chi connectivity index (χ0) is 13.0. The minimum atomic E-state index is -4.09. The normalized spacial score (nSPS) is 16.1. The van der Waals surface area contributed by atoms with Crippen molar-refractivity contribution in [3.05, 3.63) is 24.3 Å². The summed E-state index contributed by atoms with van der Waals surface area (Å²) < 4.78 is 35.9. The number of halogens is 3. The number of rotatable bonds is 4. The van der Waals surface area contributed by atoms with E-state index >= 15 is 0 Å². The number of hydrogen-bond acceptors (Lipinski definition) is 2. The molecule has 0 atom stereocenters. The van der Waals surface area contributed by atoms with Crippen LogP contribution in [0, 0.1) is 0 Å². The number of nitrogens with zero attached hydrogens (tertiary/aromatic N) is 1. The number of anilines is 2. The molecule has 1 aliphatic heterocycles. The molecule has 0 aromatic heterocycles. The average molecular weight is 258 g/mol. The summed E-state index contributed by atoms with van der Waals surface area (Å²) >= 11 is 0. The SMILES string of the molecule is FC(F)(F)CCNc1ccc(N2CCCC2)cc1. The molecule has 0 bridgehead atoms. The molecule has 18 heavy (non-hydrogen) atoms. The van der Waals surface area contributed by atoms with Crippen LogP contribution in [0.3, 0.4) is 0 Å². The van der Waals surface area contributed by atoms with Gasteiger partial charge in [-0.2, -0.15) is 13.2 Å². The van der Waals surface area contributed by atoms with Crippen molar-refractivity contribution in [1.29, 1.82) is 0 Å². The van der Waals surface area contributed by atoms with Crippen molar-refractivity contribution < 1.29 is 13.2 Å². The van der Waals surface area contributed by atoms with Crippen LogP contribution in [-0.2, 0) is 0 Å². The van der Waals surface area contributed by atoms with E-state index in [2.05, 4.69) is 10.2 Å². The molecule has 1 aliphatic rings. The highest BCUT2D eigenvalue weighted by molar-refractivity contribution is 5.55. The summed E-state index contributed by atoms with van der Waals surface area (Å²) in [6.45, 7) is 2.06. The molecule has 0 amide bonds. The molecule has 0 aliphatic carbocycles. The topological polar surface area (TPSA) is 15.3 Å². The van der Waals surface area contributed by atoms with Gasteiger partial charge in [0.2, 0.25) is 0 Å². The van der Waals surface area contributed by atoms with Crippen molar-refractivity contribution in [3.8, 4) is 0 Å². The minimum absolute atomic E-state index is 0.0768. The van der Waals surface area contributed by atoms with Gasteiger partial charge in [-0.15, -0.1) is 0 Å². The number of benzene rings is 1. The Hall–Kier alpha value is -1.39. The highest BCUT2D eigenvalue weighted by atomic mass is 19.4. The fourth-order valence-electron chi connectivity index (χ4n) is 2.11. The molecular weight excluding hydrogens is 241 g/mol. The van der Waals surface area contributed by atoms with E-state index in [0.717, 1.165) is 24.5 Å². The van der Waals surface area contributed by atoms with Crippen molar-refractivity contribution in [2.45, 2.75) is 25.4 Å². The summed E-state index contributed by atoms with van der Waals surface area (Å²) in [5, 5.41) is 2.78. The molecule has 1 heterocycles. The summed E-state index contributed by atoms with van der Waals surface area (Å²) in [5.74, 6) is 0. The first kappa shape index (κ1) is 13.1. The van der Waals surface area contributed by atoms with E-state index in [1.807, 2.05) is 24.3 Å². The van der Waals surface area contributed by atoms with Gasteiger partial charge in [0.1, 0.15) is 0 Å². The van der Waals surface area contributed by atoms with Gasteiger partial charge in [-0.05, 0) is 37.1 Å². The molecule has 2 nitrogen and oxygen atoms in total. The third-order valence-electron chi connectivity index (χ3n) is 3.08. The molecule has 5 heteroatoms. The van der Waals surface area contributed by atoms with Gasteiger partial charge in [0.25, 0.3) is 0 Å². The standard InChI is InChI=1S/C13H17F3N2/c14-13(15,16)7-8-17-11-3-5-12(6-4-11)18-9-1-2-10-18/h3-6,17H,1-2,7-10H2. The molecule has 2 rings (SSSR count). The molecule has 1 aromatic carbocycles. The van der Waals surface area contributed by atoms with Gasteiger partial charge in [-0.3, -0.25) is 0 Å². The van der Waals surface area contributed by atoms with Gasteiger partial charge in [0.15, 0.2) is 0 Å². The fraction of sp³-hybridized carbons (Fsp3) is 0.538. The summed E-state index contributed by atoms with van der Waals surface area (Å²) in [7, 11) is 0. The highest BCUT2D eigenvalue weighted by Crippen LogP contribution is 2.23. The van der Waals surface area contributed by atoms with Crippen LogP contribution < -0.4 is 10.2 Å². The van der Waals surface area contributed by atoms with Crippen LogP contribution in [0.2, 0.25) is 0 Å². The minimum Gasteiger partial charge on any atom is -0.385 e. The Morgan fingerprint density at radius 2 is 1.67 bits per heavy atom. The predicted molar refractivity (Wildman–Crippen MR) is 67.1 cm³/mol. The maximum Gasteiger partial charge on any atom is 0.390 e. The van der Waals surface area contributed by atoms with E-state index in [9.17, 15) is 13.2 Å². The third-order valence-corrected chi connectivity index (χ3v) is 3.08. The van der Waals surface area contributed by atoms with Gasteiger partial charge >= 0.3 is 6.18 Å². The summed E-state index contributed by atoms with van der Waals surface area (Å²) in [6, 6.07) is 7.59. The Balaban J connectivity index is 1.84. The zero-order valence-electron chi connectivity index (χ0n) is 10.1. The summed E-state index contributed by atoms with van der Waals surface area (Å²) in [6.07, 6.45) is -2.47. The van der Waals surface area contributed by atoms with Gasteiger partial charge < -0.3 is 10.2 Å². The van der Waals surface area contributed by atoms with E-state index in [0.29, 0.717) is 0 Å². The molecule has 0 saturated carbocycles. The highest BCUT2D eigenvalue weighted by Gasteiger charge is 2.26. The van der Waals surface area contributed by atoms with Crippen LogP contribution in [0.15, 0.2) is 24.3 Å². The number of hydrogen-bond donors (Lipinski definition) is 1. The van der Waals surface area contributed by atoms with Gasteiger partial charge in [0.05, 0.1) is 6.42 Å². The Labute approximate surface area is 105 Å². The van der Waals surface area contributed by atoms with E-state index in [-0.39, 0.29) is 6.54 Å². The monoisotopic (exact) mass is 258 g/mol. The van der Waals surface area contributed by atoms with Crippen LogP contribution in [0.25, 0.3) is 0 Å². The molecule has 0 spiro atoms. The quantitative estimate of drug-likeness (QED) is 0.886. The Morgan fingerprint density at radius 1 is 1.06 bits per heavy atom. The smallest absolute Gasteiger partial charge is 0.385 e. The molecular formula is C13H17F3N2. The van der Waals surface area contributed by atoms with Crippen LogP contribution in [-0.4, -0.2) is 25.8 Å². The van der Waals surface area contributed by atoms with E-state index in [1.54, 1.807) is 0 Å². The maximum absolute atomic E-state index is 12.0. The van der Waals surface area contributed by atoms with Crippen LogP contribution in [0.1, 0.15) is 19.3 Å². The molecule has 1 saturated heterocycles. The van der Waals surface area contributed by atoms with Crippen molar-refractivity contribution >= 4 is 11.4 Å². The summed E-state index contributed by atoms with van der Waals surface area (Å²) in [4.78, 5) is 2.29. The van der Waals surface area contributed by atoms with Gasteiger partial charge in [-0.1, -0.05) is 0 Å². The lowest BCUT2D eigenvalue weighted by Crippen LogP contribution is -2.17. The largest absolute Gasteiger partial charge is 0.390 e. The van der Waals surface area contributed by atoms with Crippen molar-refractivity contribution in [2.75, 3.05) is 29.9 Å². The first-order valence-corrected chi connectivity index (χ1v) is 6.20. The van der Waals surface area contributed by atoms with Crippen molar-refractivity contribution in [3.63, 3.8) is 0 Å². The van der Waals surface area contributed by atoms with Crippen LogP contribution in [0.4, 0.5) is 24.5 Å². The zero-order valence-corrected chi connectivity index (χ0v) is 10.1. The number of alkyl halides is 3. The average Bonchev–Trinajstić information content (AvgIpc) is 2.82. The van der Waals surface area contributed by atoms with Crippen LogP contribution in [0.5, 0.6) is 0 Å². The van der Waals surface area contributed by atoms with Gasteiger partial charge in [-0.25, -0.2) is 0 Å². The molecule has 1 fully saturated rings. The Kier molecular flexibility index (Phi) is 3.99. The second-order valence-electron chi connectivity index (χ2n) is 4.53. The Bertz CT molecular complexity index is 367. The molecule has 0 radical (unpaired) electrons. The summed E-state index contributed by atoms with van der Waals surface area (Å²) in [5.41, 5.74) is 1.89. The fourth-order valence-corrected chi connectivity index (χ4v) is 2.11. The van der Waals surface area contributed by atoms with E-state index in [1.165, 1.54) is 12.8 Å². The lowest BCUT2D eigenvalue weighted by molar-refractivity contribution is -0.131. The van der Waals surface area contributed by atoms with Gasteiger partial charge in [0, 0.05) is 31.0 Å². The first-order chi connectivity index (χ1) is 8.54. The molecule has 100 valence electrons. The van der Waals surface area contributed by atoms with E-state index < -0.39 is 12.6 Å². The molecule has 0 unspecified atom stereocenters.